The van der Waals surface area contributed by atoms with Crippen molar-refractivity contribution in [2.75, 3.05) is 25.5 Å². The van der Waals surface area contributed by atoms with Crippen molar-refractivity contribution in [2.45, 2.75) is 11.7 Å². The zero-order valence-corrected chi connectivity index (χ0v) is 6.52. The van der Waals surface area contributed by atoms with Crippen molar-refractivity contribution in [3.63, 3.8) is 0 Å². The molecular formula is C6H11NO2S. The maximum Gasteiger partial charge on any atom is 0.182 e. The zero-order chi connectivity index (χ0) is 6.81. The van der Waals surface area contributed by atoms with Gasteiger partial charge in [0.15, 0.2) is 6.29 Å². The van der Waals surface area contributed by atoms with Crippen molar-refractivity contribution < 1.29 is 9.47 Å². The van der Waals surface area contributed by atoms with Crippen LogP contribution in [0.1, 0.15) is 0 Å². The van der Waals surface area contributed by atoms with Gasteiger partial charge >= 0.3 is 0 Å². The summed E-state index contributed by atoms with van der Waals surface area (Å²) in [4.78, 5) is 0. The molecule has 1 atom stereocenters. The Bertz CT molecular complexity index is 96.3. The molecule has 2 heterocycles. The predicted octanol–water partition coefficient (Wildman–Crippen LogP) is 0.0218. The van der Waals surface area contributed by atoms with Gasteiger partial charge in [-0.15, -0.1) is 11.8 Å². The fourth-order valence-corrected chi connectivity index (χ4v) is 2.21. The monoisotopic (exact) mass is 161 g/mol. The maximum absolute atomic E-state index is 5.33. The smallest absolute Gasteiger partial charge is 0.182 e. The minimum absolute atomic E-state index is 0.00694. The first kappa shape index (κ1) is 6.91. The Hall–Kier alpha value is 0.230. The summed E-state index contributed by atoms with van der Waals surface area (Å²) in [6, 6.07) is 0. The summed E-state index contributed by atoms with van der Waals surface area (Å²) in [5.41, 5.74) is 0. The quantitative estimate of drug-likeness (QED) is 0.587. The molecule has 58 valence electrons. The number of thioether (sulfide) groups is 1. The topological polar surface area (TPSA) is 30.5 Å². The molecule has 0 radical (unpaired) electrons. The van der Waals surface area contributed by atoms with Gasteiger partial charge in [0.1, 0.15) is 5.37 Å². The van der Waals surface area contributed by atoms with Gasteiger partial charge in [0.05, 0.1) is 13.2 Å². The second-order valence-corrected chi connectivity index (χ2v) is 3.60. The minimum Gasteiger partial charge on any atom is -0.348 e. The lowest BCUT2D eigenvalue weighted by molar-refractivity contribution is -0.0456. The summed E-state index contributed by atoms with van der Waals surface area (Å²) in [6.07, 6.45) is 0.00694. The summed E-state index contributed by atoms with van der Waals surface area (Å²) in [5.74, 6) is 1.17. The van der Waals surface area contributed by atoms with Gasteiger partial charge in [0, 0.05) is 12.3 Å². The number of hydrogen-bond acceptors (Lipinski definition) is 4. The van der Waals surface area contributed by atoms with Crippen LogP contribution in [0.15, 0.2) is 0 Å². The molecule has 0 saturated carbocycles. The van der Waals surface area contributed by atoms with Gasteiger partial charge in [0.2, 0.25) is 0 Å². The van der Waals surface area contributed by atoms with E-state index in [0.29, 0.717) is 5.37 Å². The van der Waals surface area contributed by atoms with E-state index in [0.717, 1.165) is 19.8 Å². The summed E-state index contributed by atoms with van der Waals surface area (Å²) in [5, 5.41) is 3.69. The van der Waals surface area contributed by atoms with Crippen molar-refractivity contribution in [1.82, 2.24) is 5.32 Å². The van der Waals surface area contributed by atoms with Crippen molar-refractivity contribution in [2.24, 2.45) is 0 Å². The number of nitrogens with one attached hydrogen (secondary N) is 1. The van der Waals surface area contributed by atoms with Crippen molar-refractivity contribution in [3.8, 4) is 0 Å². The molecule has 0 amide bonds. The van der Waals surface area contributed by atoms with Gasteiger partial charge in [-0.3, -0.25) is 0 Å². The highest BCUT2D eigenvalue weighted by molar-refractivity contribution is 8.00. The van der Waals surface area contributed by atoms with E-state index in [1.54, 1.807) is 0 Å². The summed E-state index contributed by atoms with van der Waals surface area (Å²) < 4.78 is 10.7. The van der Waals surface area contributed by atoms with E-state index in [-0.39, 0.29) is 6.29 Å². The Morgan fingerprint density at radius 3 is 2.70 bits per heavy atom. The molecular weight excluding hydrogens is 150 g/mol. The van der Waals surface area contributed by atoms with Gasteiger partial charge < -0.3 is 14.8 Å². The number of hydrogen-bond donors (Lipinski definition) is 1. The van der Waals surface area contributed by atoms with E-state index in [1.165, 1.54) is 5.75 Å². The second-order valence-electron chi connectivity index (χ2n) is 2.36. The van der Waals surface area contributed by atoms with Crippen molar-refractivity contribution >= 4 is 11.8 Å². The molecule has 2 fully saturated rings. The Labute approximate surface area is 64.5 Å². The van der Waals surface area contributed by atoms with Gasteiger partial charge in [-0.1, -0.05) is 0 Å². The summed E-state index contributed by atoms with van der Waals surface area (Å²) in [7, 11) is 0. The van der Waals surface area contributed by atoms with Crippen LogP contribution >= 0.6 is 11.8 Å². The van der Waals surface area contributed by atoms with Crippen LogP contribution in [0.3, 0.4) is 0 Å². The van der Waals surface area contributed by atoms with Crippen LogP contribution in [0.2, 0.25) is 0 Å². The number of rotatable bonds is 1. The number of ether oxygens (including phenoxy) is 2. The molecule has 1 unspecified atom stereocenters. The van der Waals surface area contributed by atoms with E-state index in [4.69, 9.17) is 9.47 Å². The minimum atomic E-state index is 0.00694. The van der Waals surface area contributed by atoms with Crippen LogP contribution in [0.25, 0.3) is 0 Å². The Balaban J connectivity index is 1.85. The van der Waals surface area contributed by atoms with Crippen LogP contribution in [-0.2, 0) is 9.47 Å². The third-order valence-corrected chi connectivity index (χ3v) is 2.83. The second kappa shape index (κ2) is 3.09. The molecule has 2 rings (SSSR count). The van der Waals surface area contributed by atoms with E-state index < -0.39 is 0 Å². The fourth-order valence-electron chi connectivity index (χ4n) is 1.17. The third kappa shape index (κ3) is 1.29. The van der Waals surface area contributed by atoms with Crippen LogP contribution in [-0.4, -0.2) is 37.2 Å². The largest absolute Gasteiger partial charge is 0.348 e. The predicted molar refractivity (Wildman–Crippen MR) is 39.9 cm³/mol. The SMILES string of the molecule is C1CSC(C2OCCO2)N1. The lowest BCUT2D eigenvalue weighted by Crippen LogP contribution is -2.33. The van der Waals surface area contributed by atoms with Crippen LogP contribution in [0.4, 0.5) is 0 Å². The molecule has 2 aliphatic heterocycles. The van der Waals surface area contributed by atoms with Gasteiger partial charge in [0.25, 0.3) is 0 Å². The van der Waals surface area contributed by atoms with E-state index in [9.17, 15) is 0 Å². The molecule has 4 heteroatoms. The highest BCUT2D eigenvalue weighted by atomic mass is 32.2. The standard InChI is InChI=1S/C6H11NO2S/c1-4-10-5(7-1)6-8-2-3-9-6/h5-7H,1-4H2. The molecule has 0 spiro atoms. The molecule has 10 heavy (non-hydrogen) atoms. The first-order valence-corrected chi connectivity index (χ1v) is 4.60. The molecule has 0 aromatic heterocycles. The first-order valence-electron chi connectivity index (χ1n) is 3.55. The molecule has 0 aromatic carbocycles. The van der Waals surface area contributed by atoms with Gasteiger partial charge in [-0.2, -0.15) is 0 Å². The first-order chi connectivity index (χ1) is 4.97. The van der Waals surface area contributed by atoms with Crippen LogP contribution in [0.5, 0.6) is 0 Å². The average molecular weight is 161 g/mol. The van der Waals surface area contributed by atoms with Gasteiger partial charge in [-0.25, -0.2) is 0 Å². The Kier molecular flexibility index (Phi) is 2.13. The zero-order valence-electron chi connectivity index (χ0n) is 5.71. The molecule has 2 aliphatic rings. The Morgan fingerprint density at radius 2 is 2.10 bits per heavy atom. The molecule has 2 saturated heterocycles. The summed E-state index contributed by atoms with van der Waals surface area (Å²) >= 11 is 1.88. The van der Waals surface area contributed by atoms with E-state index in [2.05, 4.69) is 5.32 Å². The molecule has 0 bridgehead atoms. The van der Waals surface area contributed by atoms with Crippen LogP contribution < -0.4 is 5.32 Å². The third-order valence-electron chi connectivity index (χ3n) is 1.64. The fraction of sp³-hybridized carbons (Fsp3) is 1.00. The summed E-state index contributed by atoms with van der Waals surface area (Å²) in [6.45, 7) is 2.59. The van der Waals surface area contributed by atoms with E-state index >= 15 is 0 Å². The van der Waals surface area contributed by atoms with Crippen LogP contribution in [0, 0.1) is 0 Å². The lowest BCUT2D eigenvalue weighted by Gasteiger charge is -2.15. The highest BCUT2D eigenvalue weighted by Crippen LogP contribution is 2.22. The van der Waals surface area contributed by atoms with Crippen molar-refractivity contribution in [3.05, 3.63) is 0 Å². The lowest BCUT2D eigenvalue weighted by atomic mass is 10.6. The Morgan fingerprint density at radius 1 is 1.30 bits per heavy atom. The molecule has 0 aromatic rings. The van der Waals surface area contributed by atoms with E-state index in [1.807, 2.05) is 11.8 Å². The van der Waals surface area contributed by atoms with Crippen molar-refractivity contribution in [1.29, 1.82) is 0 Å². The molecule has 0 aliphatic carbocycles. The molecule has 1 N–H and O–H groups in total. The van der Waals surface area contributed by atoms with Gasteiger partial charge in [-0.05, 0) is 0 Å². The highest BCUT2D eigenvalue weighted by Gasteiger charge is 2.29. The maximum atomic E-state index is 5.33. The normalized spacial score (nSPS) is 35.4. The molecule has 3 nitrogen and oxygen atoms in total. The average Bonchev–Trinajstić information content (AvgIpc) is 2.59.